The summed E-state index contributed by atoms with van der Waals surface area (Å²) in [6, 6.07) is 4.53. The van der Waals surface area contributed by atoms with E-state index >= 15 is 0 Å². The summed E-state index contributed by atoms with van der Waals surface area (Å²) < 4.78 is 9.86. The highest BCUT2D eigenvalue weighted by molar-refractivity contribution is 8.15. The van der Waals surface area contributed by atoms with Gasteiger partial charge < -0.3 is 20.1 Å². The normalized spacial score (nSPS) is 17.3. The van der Waals surface area contributed by atoms with E-state index in [1.54, 1.807) is 19.9 Å². The Morgan fingerprint density at radius 3 is 2.67 bits per heavy atom. The zero-order valence-corrected chi connectivity index (χ0v) is 16.2. The summed E-state index contributed by atoms with van der Waals surface area (Å²) in [6.07, 6.45) is -0.0735. The fourth-order valence-corrected chi connectivity index (χ4v) is 3.07. The maximum atomic E-state index is 12.4. The Hall–Kier alpha value is -2.88. The predicted molar refractivity (Wildman–Crippen MR) is 103 cm³/mol. The molecule has 0 aliphatic carbocycles. The molecule has 2 rings (SSSR count). The number of esters is 1. The van der Waals surface area contributed by atoms with Crippen LogP contribution < -0.4 is 15.4 Å². The van der Waals surface area contributed by atoms with Gasteiger partial charge in [-0.05, 0) is 32.0 Å². The quantitative estimate of drug-likeness (QED) is 0.433. The molecule has 1 aliphatic heterocycles. The molecule has 1 aromatic carbocycles. The van der Waals surface area contributed by atoms with Crippen molar-refractivity contribution in [2.45, 2.75) is 25.5 Å². The third-order valence-corrected chi connectivity index (χ3v) is 4.45. The van der Waals surface area contributed by atoms with Crippen LogP contribution in [0.4, 0.5) is 5.69 Å². The summed E-state index contributed by atoms with van der Waals surface area (Å²) >= 11 is 1.14. The van der Waals surface area contributed by atoms with E-state index in [9.17, 15) is 14.4 Å². The van der Waals surface area contributed by atoms with Crippen LogP contribution in [0.15, 0.2) is 28.4 Å². The van der Waals surface area contributed by atoms with Gasteiger partial charge in [-0.2, -0.15) is 5.10 Å². The third kappa shape index (κ3) is 5.55. The summed E-state index contributed by atoms with van der Waals surface area (Å²) in [4.78, 5) is 36.0. The molecule has 10 heteroatoms. The summed E-state index contributed by atoms with van der Waals surface area (Å²) in [5.74, 6) is -0.867. The summed E-state index contributed by atoms with van der Waals surface area (Å²) in [7, 11) is 2.71. The summed E-state index contributed by atoms with van der Waals surface area (Å²) in [5.41, 5.74) is 1.33. The Bertz CT molecular complexity index is 818. The van der Waals surface area contributed by atoms with E-state index in [4.69, 9.17) is 4.74 Å². The summed E-state index contributed by atoms with van der Waals surface area (Å²) in [6.45, 7) is 3.57. The molecule has 1 aromatic rings. The smallest absolute Gasteiger partial charge is 0.337 e. The number of thioether (sulfide) groups is 1. The van der Waals surface area contributed by atoms with E-state index in [0.717, 1.165) is 17.5 Å². The van der Waals surface area contributed by atoms with Crippen molar-refractivity contribution in [3.05, 3.63) is 23.8 Å². The molecule has 1 fully saturated rings. The molecular weight excluding hydrogens is 372 g/mol. The Kier molecular flexibility index (Phi) is 6.94. The topological polar surface area (TPSA) is 118 Å². The molecule has 1 unspecified atom stereocenters. The van der Waals surface area contributed by atoms with Gasteiger partial charge in [-0.1, -0.05) is 11.8 Å². The number of ether oxygens (including phenoxy) is 2. The monoisotopic (exact) mass is 392 g/mol. The van der Waals surface area contributed by atoms with Crippen molar-refractivity contribution in [2.75, 3.05) is 19.5 Å². The van der Waals surface area contributed by atoms with E-state index in [2.05, 4.69) is 25.6 Å². The molecule has 0 bridgehead atoms. The number of nitrogens with zero attached hydrogens (tertiary/aromatic N) is 2. The lowest BCUT2D eigenvalue weighted by atomic mass is 10.1. The van der Waals surface area contributed by atoms with Gasteiger partial charge in [0.15, 0.2) is 5.17 Å². The first kappa shape index (κ1) is 20.4. The minimum Gasteiger partial charge on any atom is -0.495 e. The van der Waals surface area contributed by atoms with E-state index in [0.29, 0.717) is 16.6 Å². The van der Waals surface area contributed by atoms with Crippen molar-refractivity contribution in [2.24, 2.45) is 10.2 Å². The molecular formula is C17H20N4O5S. The highest BCUT2D eigenvalue weighted by Gasteiger charge is 2.32. The average Bonchev–Trinajstić information content (AvgIpc) is 2.98. The van der Waals surface area contributed by atoms with Crippen LogP contribution in [-0.2, 0) is 14.3 Å². The van der Waals surface area contributed by atoms with Gasteiger partial charge in [0.25, 0.3) is 0 Å². The van der Waals surface area contributed by atoms with Crippen molar-refractivity contribution in [1.82, 2.24) is 5.32 Å². The first-order chi connectivity index (χ1) is 12.8. The van der Waals surface area contributed by atoms with Crippen molar-refractivity contribution >= 4 is 46.1 Å². The highest BCUT2D eigenvalue weighted by Crippen LogP contribution is 2.28. The van der Waals surface area contributed by atoms with Crippen LogP contribution >= 0.6 is 11.8 Å². The number of hydrogen-bond acceptors (Lipinski definition) is 8. The Morgan fingerprint density at radius 1 is 1.30 bits per heavy atom. The summed E-state index contributed by atoms with van der Waals surface area (Å²) in [5, 5.41) is 12.8. The van der Waals surface area contributed by atoms with E-state index in [1.807, 2.05) is 0 Å². The van der Waals surface area contributed by atoms with E-state index < -0.39 is 17.1 Å². The molecule has 0 aromatic heterocycles. The van der Waals surface area contributed by atoms with Gasteiger partial charge in [0.1, 0.15) is 11.0 Å². The van der Waals surface area contributed by atoms with Crippen LogP contribution in [0.5, 0.6) is 5.75 Å². The van der Waals surface area contributed by atoms with Crippen molar-refractivity contribution in [1.29, 1.82) is 0 Å². The number of nitrogens with one attached hydrogen (secondary N) is 2. The number of amidine groups is 1. The molecule has 0 radical (unpaired) electrons. The third-order valence-electron chi connectivity index (χ3n) is 3.38. The van der Waals surface area contributed by atoms with Gasteiger partial charge in [-0.25, -0.2) is 4.79 Å². The lowest BCUT2D eigenvalue weighted by Gasteiger charge is -2.12. The zero-order valence-electron chi connectivity index (χ0n) is 15.4. The van der Waals surface area contributed by atoms with Crippen LogP contribution in [-0.4, -0.2) is 48.1 Å². The minimum absolute atomic E-state index is 0.0735. The number of carbonyl (C=O) groups excluding carboxylic acids is 3. The van der Waals surface area contributed by atoms with Crippen LogP contribution in [0, 0.1) is 0 Å². The number of benzene rings is 1. The first-order valence-electron chi connectivity index (χ1n) is 7.96. The molecule has 9 nitrogen and oxygen atoms in total. The van der Waals surface area contributed by atoms with Crippen LogP contribution in [0.25, 0.3) is 0 Å². The lowest BCUT2D eigenvalue weighted by molar-refractivity contribution is -0.122. The van der Waals surface area contributed by atoms with Crippen LogP contribution in [0.3, 0.4) is 0 Å². The molecule has 27 heavy (non-hydrogen) atoms. The van der Waals surface area contributed by atoms with Gasteiger partial charge >= 0.3 is 5.97 Å². The van der Waals surface area contributed by atoms with Gasteiger partial charge in [0.2, 0.25) is 11.8 Å². The molecule has 1 saturated heterocycles. The van der Waals surface area contributed by atoms with Gasteiger partial charge in [-0.3, -0.25) is 9.59 Å². The Morgan fingerprint density at radius 2 is 2.04 bits per heavy atom. The second-order valence-corrected chi connectivity index (χ2v) is 6.90. The second-order valence-electron chi connectivity index (χ2n) is 5.71. The van der Waals surface area contributed by atoms with Crippen LogP contribution in [0.2, 0.25) is 0 Å². The second kappa shape index (κ2) is 9.17. The van der Waals surface area contributed by atoms with Crippen molar-refractivity contribution < 1.29 is 23.9 Å². The number of rotatable bonds is 6. The molecule has 144 valence electrons. The molecule has 0 saturated carbocycles. The maximum absolute atomic E-state index is 12.4. The predicted octanol–water partition coefficient (Wildman–Crippen LogP) is 1.79. The Labute approximate surface area is 160 Å². The zero-order chi connectivity index (χ0) is 20.0. The van der Waals surface area contributed by atoms with Gasteiger partial charge in [0.05, 0.1) is 25.5 Å². The fraction of sp³-hybridized carbons (Fsp3) is 0.353. The van der Waals surface area contributed by atoms with E-state index in [-0.39, 0.29) is 17.9 Å². The largest absolute Gasteiger partial charge is 0.495 e. The molecule has 2 amide bonds. The van der Waals surface area contributed by atoms with Crippen molar-refractivity contribution in [3.8, 4) is 5.75 Å². The average molecular weight is 392 g/mol. The number of amides is 2. The van der Waals surface area contributed by atoms with Crippen molar-refractivity contribution in [3.63, 3.8) is 0 Å². The molecule has 0 spiro atoms. The maximum Gasteiger partial charge on any atom is 0.337 e. The number of anilines is 1. The molecule has 1 heterocycles. The number of methoxy groups -OCH3 is 2. The fourth-order valence-electron chi connectivity index (χ4n) is 2.15. The lowest BCUT2D eigenvalue weighted by Crippen LogP contribution is -2.28. The SMILES string of the molecule is COC(=O)c1ccc(OC)c(NC(=O)CC2SC(=NN=C(C)C)NC2=O)c1. The highest BCUT2D eigenvalue weighted by atomic mass is 32.2. The Balaban J connectivity index is 2.07. The molecule has 1 atom stereocenters. The standard InChI is InChI=1S/C17H20N4O5S/c1-9(2)20-21-17-19-15(23)13(27-17)8-14(22)18-11-7-10(16(24)26-4)5-6-12(11)25-3/h5-7,13H,8H2,1-4H3,(H,18,22)(H,19,21,23). The molecule has 2 N–H and O–H groups in total. The van der Waals surface area contributed by atoms with E-state index in [1.165, 1.54) is 26.4 Å². The minimum atomic E-state index is -0.620. The number of hydrogen-bond donors (Lipinski definition) is 2. The van der Waals surface area contributed by atoms with Gasteiger partial charge in [0, 0.05) is 12.1 Å². The van der Waals surface area contributed by atoms with Gasteiger partial charge in [-0.15, -0.1) is 5.10 Å². The number of carbonyl (C=O) groups is 3. The first-order valence-corrected chi connectivity index (χ1v) is 8.84. The molecule has 1 aliphatic rings. The van der Waals surface area contributed by atoms with Crippen LogP contribution in [0.1, 0.15) is 30.6 Å².